The van der Waals surface area contributed by atoms with Gasteiger partial charge in [0.05, 0.1) is 5.01 Å². The molecule has 1 amide bonds. The van der Waals surface area contributed by atoms with Crippen LogP contribution in [0.3, 0.4) is 0 Å². The fourth-order valence-electron chi connectivity index (χ4n) is 2.39. The highest BCUT2D eigenvalue weighted by molar-refractivity contribution is 7.09. The summed E-state index contributed by atoms with van der Waals surface area (Å²) < 4.78 is 1.42. The van der Waals surface area contributed by atoms with Gasteiger partial charge in [-0.2, -0.15) is 0 Å². The number of carboxylic acids is 1. The molecule has 134 valence electrons. The smallest absolute Gasteiger partial charge is 0.355 e. The zero-order valence-electron chi connectivity index (χ0n) is 13.6. The minimum absolute atomic E-state index is 0.0203. The third-order valence-corrected chi connectivity index (χ3v) is 4.58. The lowest BCUT2D eigenvalue weighted by atomic mass is 10.1. The summed E-state index contributed by atoms with van der Waals surface area (Å²) in [6, 6.07) is 9.04. The summed E-state index contributed by atoms with van der Waals surface area (Å²) in [6.07, 6.45) is 2.32. The number of carbonyl (C=O) groups excluding carboxylic acids is 1. The summed E-state index contributed by atoms with van der Waals surface area (Å²) in [5.74, 6) is -1.27. The van der Waals surface area contributed by atoms with Gasteiger partial charge >= 0.3 is 5.97 Å². The van der Waals surface area contributed by atoms with Crippen molar-refractivity contribution in [2.75, 3.05) is 6.54 Å². The highest BCUT2D eigenvalue weighted by Gasteiger charge is 2.22. The number of nitrogens with zero attached hydrogens (tertiary/aromatic N) is 5. The van der Waals surface area contributed by atoms with Crippen LogP contribution in [0.4, 0.5) is 0 Å². The quantitative estimate of drug-likeness (QED) is 0.604. The summed E-state index contributed by atoms with van der Waals surface area (Å²) >= 11 is 1.26. The Morgan fingerprint density at radius 1 is 1.27 bits per heavy atom. The Labute approximate surface area is 152 Å². The van der Waals surface area contributed by atoms with Gasteiger partial charge in [0.15, 0.2) is 5.69 Å². The van der Waals surface area contributed by atoms with Crippen LogP contribution < -0.4 is 5.32 Å². The van der Waals surface area contributed by atoms with E-state index in [9.17, 15) is 9.59 Å². The molecule has 2 aromatic heterocycles. The van der Waals surface area contributed by atoms with Crippen molar-refractivity contribution in [1.82, 2.24) is 30.5 Å². The van der Waals surface area contributed by atoms with Crippen LogP contribution in [0.1, 0.15) is 27.1 Å². The fraction of sp³-hybridized carbons (Fsp3) is 0.250. The second kappa shape index (κ2) is 8.30. The molecule has 0 aliphatic carbocycles. The number of hydrogen-bond donors (Lipinski definition) is 2. The topological polar surface area (TPSA) is 123 Å². The zero-order valence-corrected chi connectivity index (χ0v) is 14.5. The van der Waals surface area contributed by atoms with Gasteiger partial charge in [-0.3, -0.25) is 4.79 Å². The van der Waals surface area contributed by atoms with Crippen LogP contribution in [0.25, 0.3) is 0 Å². The molecule has 0 spiro atoms. The average molecular weight is 372 g/mol. The van der Waals surface area contributed by atoms with E-state index in [4.69, 9.17) is 5.11 Å². The van der Waals surface area contributed by atoms with Crippen molar-refractivity contribution >= 4 is 23.2 Å². The first kappa shape index (κ1) is 17.7. The molecular formula is C16H16N6O3S. The van der Waals surface area contributed by atoms with Crippen LogP contribution in [-0.4, -0.2) is 48.7 Å². The van der Waals surface area contributed by atoms with Crippen molar-refractivity contribution in [3.05, 3.63) is 58.3 Å². The minimum atomic E-state index is -1.06. The van der Waals surface area contributed by atoms with Gasteiger partial charge in [-0.1, -0.05) is 30.3 Å². The third kappa shape index (κ3) is 4.48. The van der Waals surface area contributed by atoms with E-state index in [0.717, 1.165) is 5.56 Å². The van der Waals surface area contributed by atoms with E-state index in [1.807, 2.05) is 30.3 Å². The van der Waals surface area contributed by atoms with Crippen molar-refractivity contribution in [2.24, 2.45) is 0 Å². The maximum Gasteiger partial charge on any atom is 0.355 e. The number of rotatable bonds is 8. The Bertz CT molecular complexity index is 865. The Kier molecular flexibility index (Phi) is 5.64. The number of aromatic carboxylic acids is 1. The van der Waals surface area contributed by atoms with Crippen molar-refractivity contribution in [1.29, 1.82) is 0 Å². The van der Waals surface area contributed by atoms with Crippen LogP contribution in [0.5, 0.6) is 0 Å². The van der Waals surface area contributed by atoms with Gasteiger partial charge in [0, 0.05) is 24.8 Å². The first-order valence-electron chi connectivity index (χ1n) is 7.85. The lowest BCUT2D eigenvalue weighted by molar-refractivity contribution is -0.124. The Hall–Kier alpha value is -3.14. The van der Waals surface area contributed by atoms with Crippen molar-refractivity contribution in [3.8, 4) is 0 Å². The van der Waals surface area contributed by atoms with Crippen LogP contribution in [0.15, 0.2) is 42.0 Å². The van der Waals surface area contributed by atoms with Crippen molar-refractivity contribution < 1.29 is 14.7 Å². The Morgan fingerprint density at radius 3 is 2.73 bits per heavy atom. The van der Waals surface area contributed by atoms with E-state index in [1.54, 1.807) is 0 Å². The number of thiazole rings is 1. The predicted octanol–water partition coefficient (Wildman–Crippen LogP) is 0.970. The van der Waals surface area contributed by atoms with Gasteiger partial charge in [-0.05, 0) is 16.0 Å². The number of aromatic nitrogens is 5. The molecule has 1 aromatic carbocycles. The SMILES string of the molecule is O=C(O)c1csc(CCNC(=O)C(Cc2ccccc2)n2cnnn2)n1. The number of hydrogen-bond acceptors (Lipinski definition) is 7. The molecule has 0 fully saturated rings. The number of carbonyl (C=O) groups is 2. The standard InChI is InChI=1S/C16H16N6O3S/c23-15(17-7-6-14-19-12(9-26-14)16(24)25)13(22-10-18-20-21-22)8-11-4-2-1-3-5-11/h1-5,9-10,13H,6-8H2,(H,17,23)(H,24,25). The largest absolute Gasteiger partial charge is 0.476 e. The first-order chi connectivity index (χ1) is 12.6. The molecule has 10 heteroatoms. The van der Waals surface area contributed by atoms with Crippen LogP contribution in [0, 0.1) is 0 Å². The predicted molar refractivity (Wildman–Crippen MR) is 92.8 cm³/mol. The molecule has 1 atom stereocenters. The maximum absolute atomic E-state index is 12.6. The highest BCUT2D eigenvalue weighted by atomic mass is 32.1. The molecule has 3 rings (SSSR count). The monoisotopic (exact) mass is 372 g/mol. The van der Waals surface area contributed by atoms with Gasteiger partial charge < -0.3 is 10.4 Å². The molecule has 0 saturated heterocycles. The van der Waals surface area contributed by atoms with Crippen molar-refractivity contribution in [3.63, 3.8) is 0 Å². The lowest BCUT2D eigenvalue weighted by Crippen LogP contribution is -2.35. The second-order valence-electron chi connectivity index (χ2n) is 5.47. The number of nitrogens with one attached hydrogen (secondary N) is 1. The minimum Gasteiger partial charge on any atom is -0.476 e. The van der Waals surface area contributed by atoms with E-state index in [-0.39, 0.29) is 11.6 Å². The summed E-state index contributed by atoms with van der Waals surface area (Å²) in [5.41, 5.74) is 1.01. The lowest BCUT2D eigenvalue weighted by Gasteiger charge is -2.16. The number of tetrazole rings is 1. The molecule has 0 aliphatic heterocycles. The normalized spacial score (nSPS) is 11.8. The second-order valence-corrected chi connectivity index (χ2v) is 6.41. The van der Waals surface area contributed by atoms with Gasteiger partial charge in [0.1, 0.15) is 12.4 Å². The molecule has 2 N–H and O–H groups in total. The van der Waals surface area contributed by atoms with E-state index in [2.05, 4.69) is 25.8 Å². The van der Waals surface area contributed by atoms with E-state index in [1.165, 1.54) is 27.7 Å². The number of benzene rings is 1. The maximum atomic E-state index is 12.6. The van der Waals surface area contributed by atoms with E-state index >= 15 is 0 Å². The Balaban J connectivity index is 1.61. The van der Waals surface area contributed by atoms with Crippen LogP contribution in [-0.2, 0) is 17.6 Å². The first-order valence-corrected chi connectivity index (χ1v) is 8.73. The number of carboxylic acid groups (broad SMARTS) is 1. The third-order valence-electron chi connectivity index (χ3n) is 3.67. The van der Waals surface area contributed by atoms with Crippen LogP contribution >= 0.6 is 11.3 Å². The van der Waals surface area contributed by atoms with Gasteiger partial charge in [-0.15, -0.1) is 16.4 Å². The highest BCUT2D eigenvalue weighted by Crippen LogP contribution is 2.14. The van der Waals surface area contributed by atoms with Gasteiger partial charge in [0.2, 0.25) is 5.91 Å². The average Bonchev–Trinajstić information content (AvgIpc) is 3.32. The van der Waals surface area contributed by atoms with Gasteiger partial charge in [0.25, 0.3) is 0 Å². The Morgan fingerprint density at radius 2 is 2.08 bits per heavy atom. The van der Waals surface area contributed by atoms with E-state index in [0.29, 0.717) is 24.4 Å². The molecular weight excluding hydrogens is 356 g/mol. The fourth-order valence-corrected chi connectivity index (χ4v) is 3.16. The molecule has 9 nitrogen and oxygen atoms in total. The summed E-state index contributed by atoms with van der Waals surface area (Å²) in [5, 5.41) is 24.9. The molecule has 0 radical (unpaired) electrons. The van der Waals surface area contributed by atoms with Crippen molar-refractivity contribution in [2.45, 2.75) is 18.9 Å². The molecule has 2 heterocycles. The molecule has 0 aliphatic rings. The molecule has 3 aromatic rings. The summed E-state index contributed by atoms with van der Waals surface area (Å²) in [6.45, 7) is 0.346. The van der Waals surface area contributed by atoms with Gasteiger partial charge in [-0.25, -0.2) is 14.5 Å². The summed E-state index contributed by atoms with van der Waals surface area (Å²) in [4.78, 5) is 27.5. The van der Waals surface area contributed by atoms with E-state index < -0.39 is 12.0 Å². The number of amides is 1. The molecule has 0 bridgehead atoms. The summed E-state index contributed by atoms with van der Waals surface area (Å²) in [7, 11) is 0. The molecule has 26 heavy (non-hydrogen) atoms. The van der Waals surface area contributed by atoms with Crippen LogP contribution in [0.2, 0.25) is 0 Å². The molecule has 0 saturated carbocycles. The molecule has 1 unspecified atom stereocenters. The zero-order chi connectivity index (χ0) is 18.4.